The molecule has 0 aliphatic rings. The van der Waals surface area contributed by atoms with E-state index in [0.29, 0.717) is 5.56 Å². The lowest BCUT2D eigenvalue weighted by atomic mass is 10.0. The molecule has 0 unspecified atom stereocenters. The number of nitrogens with one attached hydrogen (secondary N) is 1. The smallest absolute Gasteiger partial charge is 0.325 e. The van der Waals surface area contributed by atoms with Crippen molar-refractivity contribution in [2.24, 2.45) is 0 Å². The highest BCUT2D eigenvalue weighted by Crippen LogP contribution is 2.08. The van der Waals surface area contributed by atoms with Crippen LogP contribution in [0.5, 0.6) is 0 Å². The van der Waals surface area contributed by atoms with Gasteiger partial charge in [-0.05, 0) is 18.1 Å². The minimum atomic E-state index is -0.456. The highest BCUT2D eigenvalue weighted by Gasteiger charge is 2.10. The van der Waals surface area contributed by atoms with E-state index in [1.807, 2.05) is 19.1 Å². The van der Waals surface area contributed by atoms with Crippen LogP contribution in [0.4, 0.5) is 0 Å². The summed E-state index contributed by atoms with van der Waals surface area (Å²) in [7, 11) is 1.29. The van der Waals surface area contributed by atoms with Crippen LogP contribution in [0.15, 0.2) is 24.3 Å². The number of rotatable bonds is 4. The molecule has 1 aromatic rings. The average Bonchev–Trinajstić information content (AvgIpc) is 2.35. The first-order chi connectivity index (χ1) is 7.69. The predicted octanol–water partition coefficient (Wildman–Crippen LogP) is 1.15. The van der Waals surface area contributed by atoms with Crippen LogP contribution in [0.25, 0.3) is 0 Å². The number of carbonyl (C=O) groups is 2. The Bertz CT molecular complexity index is 388. The number of hydrogen-bond donors (Lipinski definition) is 1. The summed E-state index contributed by atoms with van der Waals surface area (Å²) in [6.45, 7) is 1.87. The van der Waals surface area contributed by atoms with E-state index >= 15 is 0 Å². The molecule has 0 heterocycles. The molecule has 0 aromatic heterocycles. The predicted molar refractivity (Wildman–Crippen MR) is 60.2 cm³/mol. The number of benzene rings is 1. The number of methoxy groups -OCH3 is 1. The monoisotopic (exact) mass is 221 g/mol. The number of carbonyl (C=O) groups excluding carboxylic acids is 2. The molecule has 0 fully saturated rings. The highest BCUT2D eigenvalue weighted by atomic mass is 16.5. The van der Waals surface area contributed by atoms with Crippen LogP contribution in [-0.2, 0) is 16.0 Å². The first-order valence-corrected chi connectivity index (χ1v) is 5.12. The van der Waals surface area contributed by atoms with E-state index in [9.17, 15) is 9.59 Å². The van der Waals surface area contributed by atoms with Gasteiger partial charge in [0.2, 0.25) is 0 Å². The summed E-state index contributed by atoms with van der Waals surface area (Å²) >= 11 is 0. The zero-order valence-electron chi connectivity index (χ0n) is 9.45. The topological polar surface area (TPSA) is 55.4 Å². The number of aryl methyl sites for hydroxylation is 1. The summed E-state index contributed by atoms with van der Waals surface area (Å²) in [6.07, 6.45) is 0.780. The molecule has 16 heavy (non-hydrogen) atoms. The molecule has 0 spiro atoms. The minimum Gasteiger partial charge on any atom is -0.468 e. The van der Waals surface area contributed by atoms with Gasteiger partial charge >= 0.3 is 5.97 Å². The van der Waals surface area contributed by atoms with Gasteiger partial charge in [-0.1, -0.05) is 25.1 Å². The summed E-state index contributed by atoms with van der Waals surface area (Å²) in [6, 6.07) is 7.32. The quantitative estimate of drug-likeness (QED) is 0.776. The van der Waals surface area contributed by atoms with E-state index in [1.165, 1.54) is 7.11 Å². The van der Waals surface area contributed by atoms with Gasteiger partial charge in [0, 0.05) is 5.56 Å². The fourth-order valence-corrected chi connectivity index (χ4v) is 1.37. The largest absolute Gasteiger partial charge is 0.468 e. The van der Waals surface area contributed by atoms with Crippen LogP contribution >= 0.6 is 0 Å². The second kappa shape index (κ2) is 5.90. The van der Waals surface area contributed by atoms with Crippen LogP contribution in [0.3, 0.4) is 0 Å². The average molecular weight is 221 g/mol. The third-order valence-electron chi connectivity index (χ3n) is 2.26. The molecule has 0 bridgehead atoms. The normalized spacial score (nSPS) is 9.62. The summed E-state index contributed by atoms with van der Waals surface area (Å²) in [5.41, 5.74) is 1.57. The molecule has 0 aliphatic carbocycles. The van der Waals surface area contributed by atoms with Crippen molar-refractivity contribution in [3.8, 4) is 0 Å². The number of amides is 1. The van der Waals surface area contributed by atoms with Crippen LogP contribution in [0.1, 0.15) is 22.8 Å². The van der Waals surface area contributed by atoms with Crippen LogP contribution < -0.4 is 5.32 Å². The van der Waals surface area contributed by atoms with Crippen molar-refractivity contribution in [3.63, 3.8) is 0 Å². The first kappa shape index (κ1) is 12.2. The summed E-state index contributed by atoms with van der Waals surface area (Å²) in [5, 5.41) is 2.51. The molecular weight excluding hydrogens is 206 g/mol. The van der Waals surface area contributed by atoms with E-state index in [2.05, 4.69) is 10.1 Å². The molecule has 0 aliphatic heterocycles. The van der Waals surface area contributed by atoms with Gasteiger partial charge in [0.25, 0.3) is 5.91 Å². The molecule has 4 nitrogen and oxygen atoms in total. The van der Waals surface area contributed by atoms with Crippen LogP contribution in [0.2, 0.25) is 0 Å². The molecular formula is C12H15NO3. The van der Waals surface area contributed by atoms with Crippen LogP contribution in [-0.4, -0.2) is 25.5 Å². The molecule has 1 N–H and O–H groups in total. The third-order valence-corrected chi connectivity index (χ3v) is 2.26. The molecule has 86 valence electrons. The molecule has 1 amide bonds. The molecule has 4 heteroatoms. The molecule has 0 atom stereocenters. The lowest BCUT2D eigenvalue weighted by Gasteiger charge is -2.07. The van der Waals surface area contributed by atoms with Crippen molar-refractivity contribution < 1.29 is 14.3 Å². The van der Waals surface area contributed by atoms with E-state index in [-0.39, 0.29) is 12.5 Å². The molecule has 1 aromatic carbocycles. The lowest BCUT2D eigenvalue weighted by molar-refractivity contribution is -0.139. The van der Waals surface area contributed by atoms with Crippen molar-refractivity contribution in [2.45, 2.75) is 13.3 Å². The Hall–Kier alpha value is -1.84. The number of hydrogen-bond acceptors (Lipinski definition) is 3. The van der Waals surface area contributed by atoms with Gasteiger partial charge in [0.15, 0.2) is 0 Å². The van der Waals surface area contributed by atoms with Crippen molar-refractivity contribution in [1.82, 2.24) is 5.32 Å². The Morgan fingerprint density at radius 3 is 2.62 bits per heavy atom. The van der Waals surface area contributed by atoms with Gasteiger partial charge in [0.1, 0.15) is 6.54 Å². The third kappa shape index (κ3) is 3.08. The molecule has 1 rings (SSSR count). The molecule has 0 saturated carbocycles. The van der Waals surface area contributed by atoms with Crippen LogP contribution in [0, 0.1) is 0 Å². The zero-order valence-corrected chi connectivity index (χ0v) is 9.45. The van der Waals surface area contributed by atoms with Gasteiger partial charge in [-0.2, -0.15) is 0 Å². The summed E-state index contributed by atoms with van der Waals surface area (Å²) < 4.78 is 4.44. The maximum atomic E-state index is 11.7. The first-order valence-electron chi connectivity index (χ1n) is 5.12. The highest BCUT2D eigenvalue weighted by molar-refractivity contribution is 5.97. The van der Waals surface area contributed by atoms with Gasteiger partial charge in [-0.15, -0.1) is 0 Å². The lowest BCUT2D eigenvalue weighted by Crippen LogP contribution is -2.30. The SMILES string of the molecule is CCc1ccccc1C(=O)NCC(=O)OC. The Morgan fingerprint density at radius 2 is 2.00 bits per heavy atom. The fraction of sp³-hybridized carbons (Fsp3) is 0.333. The van der Waals surface area contributed by atoms with Crippen molar-refractivity contribution >= 4 is 11.9 Å². The minimum absolute atomic E-state index is 0.104. The Morgan fingerprint density at radius 1 is 1.31 bits per heavy atom. The summed E-state index contributed by atoms with van der Waals surface area (Å²) in [4.78, 5) is 22.6. The van der Waals surface area contributed by atoms with Crippen molar-refractivity contribution in [3.05, 3.63) is 35.4 Å². The Balaban J connectivity index is 2.69. The molecule has 0 radical (unpaired) electrons. The molecule has 0 saturated heterocycles. The van der Waals surface area contributed by atoms with Gasteiger partial charge < -0.3 is 10.1 Å². The Labute approximate surface area is 94.6 Å². The van der Waals surface area contributed by atoms with Gasteiger partial charge in [-0.3, -0.25) is 9.59 Å². The summed E-state index contributed by atoms with van der Waals surface area (Å²) in [5.74, 6) is -0.704. The standard InChI is InChI=1S/C12H15NO3/c1-3-9-6-4-5-7-10(9)12(15)13-8-11(14)16-2/h4-7H,3,8H2,1-2H3,(H,13,15). The second-order valence-corrected chi connectivity index (χ2v) is 3.27. The number of ether oxygens (including phenoxy) is 1. The van der Waals surface area contributed by atoms with Crippen molar-refractivity contribution in [1.29, 1.82) is 0 Å². The second-order valence-electron chi connectivity index (χ2n) is 3.27. The van der Waals surface area contributed by atoms with E-state index < -0.39 is 5.97 Å². The van der Waals surface area contributed by atoms with Gasteiger partial charge in [0.05, 0.1) is 7.11 Å². The van der Waals surface area contributed by atoms with Crippen molar-refractivity contribution in [2.75, 3.05) is 13.7 Å². The van der Waals surface area contributed by atoms with E-state index in [0.717, 1.165) is 12.0 Å². The maximum absolute atomic E-state index is 11.7. The zero-order chi connectivity index (χ0) is 12.0. The maximum Gasteiger partial charge on any atom is 0.325 e. The number of esters is 1. The fourth-order valence-electron chi connectivity index (χ4n) is 1.37. The van der Waals surface area contributed by atoms with E-state index in [1.54, 1.807) is 12.1 Å². The van der Waals surface area contributed by atoms with E-state index in [4.69, 9.17) is 0 Å². The Kier molecular flexibility index (Phi) is 4.51. The van der Waals surface area contributed by atoms with Gasteiger partial charge in [-0.25, -0.2) is 0 Å².